The van der Waals surface area contributed by atoms with Crippen LogP contribution in [0.5, 0.6) is 0 Å². The number of nitrogens with one attached hydrogen (secondary N) is 4. The van der Waals surface area contributed by atoms with Crippen LogP contribution >= 0.6 is 0 Å². The minimum atomic E-state index is -0.279. The first kappa shape index (κ1) is 26.4. The van der Waals surface area contributed by atoms with E-state index in [-0.39, 0.29) is 17.7 Å². The Labute approximate surface area is 223 Å². The van der Waals surface area contributed by atoms with Gasteiger partial charge in [0.1, 0.15) is 5.65 Å². The van der Waals surface area contributed by atoms with Gasteiger partial charge in [-0.1, -0.05) is 25.0 Å². The molecule has 0 amide bonds. The van der Waals surface area contributed by atoms with E-state index in [1.165, 1.54) is 31.2 Å². The number of fused-ring (bicyclic) bond motifs is 1. The third-order valence-corrected chi connectivity index (χ3v) is 7.81. The maximum absolute atomic E-state index is 12.9. The predicted molar refractivity (Wildman–Crippen MR) is 153 cm³/mol. The summed E-state index contributed by atoms with van der Waals surface area (Å²) in [5.41, 5.74) is 14.5. The van der Waals surface area contributed by atoms with Gasteiger partial charge in [0.05, 0.1) is 5.69 Å². The van der Waals surface area contributed by atoms with Crippen LogP contribution in [0.3, 0.4) is 0 Å². The zero-order valence-corrected chi connectivity index (χ0v) is 22.1. The summed E-state index contributed by atoms with van der Waals surface area (Å²) in [6, 6.07) is 11.6. The molecule has 5 rings (SSSR count). The second-order valence-corrected chi connectivity index (χ2v) is 10.6. The highest BCUT2D eigenvalue weighted by Crippen LogP contribution is 2.27. The number of aliphatic imine (C=N–C) groups is 1. The fourth-order valence-corrected chi connectivity index (χ4v) is 5.71. The van der Waals surface area contributed by atoms with E-state index in [1.807, 2.05) is 18.3 Å². The molecule has 8 N–H and O–H groups in total. The third kappa shape index (κ3) is 6.80. The summed E-state index contributed by atoms with van der Waals surface area (Å²) in [7, 11) is 0. The number of nitrogens with two attached hydrogens (primary N) is 2. The maximum atomic E-state index is 12.9. The van der Waals surface area contributed by atoms with Crippen LogP contribution in [-0.2, 0) is 6.42 Å². The van der Waals surface area contributed by atoms with Crippen LogP contribution in [0.1, 0.15) is 62.2 Å². The molecule has 2 aliphatic heterocycles. The number of piperidine rings is 1. The minimum Gasteiger partial charge on any atom is -0.370 e. The van der Waals surface area contributed by atoms with Crippen molar-refractivity contribution < 1.29 is 0 Å². The van der Waals surface area contributed by atoms with Crippen molar-refractivity contribution in [2.24, 2.45) is 16.5 Å². The van der Waals surface area contributed by atoms with E-state index in [9.17, 15) is 4.79 Å². The highest BCUT2D eigenvalue weighted by atomic mass is 16.1. The molecule has 38 heavy (non-hydrogen) atoms. The fraction of sp³-hybridized carbons (Fsp3) is 0.536. The Balaban J connectivity index is 1.24. The summed E-state index contributed by atoms with van der Waals surface area (Å²) in [4.78, 5) is 24.7. The van der Waals surface area contributed by atoms with Gasteiger partial charge in [0.15, 0.2) is 5.96 Å². The molecule has 2 fully saturated rings. The van der Waals surface area contributed by atoms with E-state index in [0.717, 1.165) is 62.1 Å². The molecule has 0 aliphatic carbocycles. The number of aromatic nitrogens is 3. The van der Waals surface area contributed by atoms with Gasteiger partial charge in [-0.05, 0) is 69.0 Å². The van der Waals surface area contributed by atoms with E-state index in [2.05, 4.69) is 49.1 Å². The first-order valence-electron chi connectivity index (χ1n) is 14.0. The Morgan fingerprint density at radius 1 is 1.11 bits per heavy atom. The molecule has 0 bridgehead atoms. The van der Waals surface area contributed by atoms with Crippen molar-refractivity contribution in [1.29, 1.82) is 0 Å². The van der Waals surface area contributed by atoms with Gasteiger partial charge in [0.2, 0.25) is 0 Å². The molecule has 0 spiro atoms. The number of guanidine groups is 1. The Kier molecular flexibility index (Phi) is 8.72. The van der Waals surface area contributed by atoms with Crippen molar-refractivity contribution >= 4 is 17.0 Å². The molecular weight excluding hydrogens is 478 g/mol. The van der Waals surface area contributed by atoms with Crippen LogP contribution in [0.25, 0.3) is 16.7 Å². The van der Waals surface area contributed by atoms with Gasteiger partial charge in [-0.25, -0.2) is 4.79 Å². The van der Waals surface area contributed by atoms with Crippen LogP contribution < -0.4 is 33.1 Å². The normalized spacial score (nSPS) is 20.8. The van der Waals surface area contributed by atoms with Gasteiger partial charge in [0.25, 0.3) is 0 Å². The van der Waals surface area contributed by atoms with E-state index in [1.54, 1.807) is 4.57 Å². The summed E-state index contributed by atoms with van der Waals surface area (Å²) in [5.74, 6) is 0.147. The molecule has 10 nitrogen and oxygen atoms in total. The summed E-state index contributed by atoms with van der Waals surface area (Å²) in [6.45, 7) is 3.71. The first-order valence-corrected chi connectivity index (χ1v) is 14.0. The average molecular weight is 520 g/mol. The Morgan fingerprint density at radius 2 is 1.89 bits per heavy atom. The van der Waals surface area contributed by atoms with Crippen molar-refractivity contribution in [2.75, 3.05) is 26.2 Å². The lowest BCUT2D eigenvalue weighted by Crippen LogP contribution is -2.40. The van der Waals surface area contributed by atoms with E-state index in [4.69, 9.17) is 11.5 Å². The summed E-state index contributed by atoms with van der Waals surface area (Å²) >= 11 is 0. The molecule has 0 saturated carbocycles. The van der Waals surface area contributed by atoms with Gasteiger partial charge in [-0.15, -0.1) is 0 Å². The van der Waals surface area contributed by atoms with Gasteiger partial charge in [0, 0.05) is 54.9 Å². The molecule has 10 heteroatoms. The van der Waals surface area contributed by atoms with Crippen molar-refractivity contribution in [2.45, 2.75) is 69.5 Å². The zero-order valence-electron chi connectivity index (χ0n) is 22.1. The first-order chi connectivity index (χ1) is 18.5. The zero-order chi connectivity index (χ0) is 26.3. The highest BCUT2D eigenvalue weighted by Gasteiger charge is 2.20. The lowest BCUT2D eigenvalue weighted by atomic mass is 10.0. The summed E-state index contributed by atoms with van der Waals surface area (Å²) in [6.07, 6.45) is 10.6. The molecule has 204 valence electrons. The molecule has 1 aromatic carbocycles. The largest absolute Gasteiger partial charge is 0.370 e. The third-order valence-electron chi connectivity index (χ3n) is 7.81. The smallest absolute Gasteiger partial charge is 0.354 e. The lowest BCUT2D eigenvalue weighted by Gasteiger charge is -2.23. The molecule has 2 aromatic heterocycles. The Bertz CT molecular complexity index is 1270. The molecule has 4 heterocycles. The molecule has 3 aromatic rings. The summed E-state index contributed by atoms with van der Waals surface area (Å²) in [5, 5.41) is 11.8. The van der Waals surface area contributed by atoms with Crippen LogP contribution in [-0.4, -0.2) is 58.8 Å². The van der Waals surface area contributed by atoms with Crippen molar-refractivity contribution in [3.05, 3.63) is 58.3 Å². The quantitative estimate of drug-likeness (QED) is 0.186. The van der Waals surface area contributed by atoms with E-state index >= 15 is 0 Å². The van der Waals surface area contributed by atoms with E-state index in [0.29, 0.717) is 24.3 Å². The van der Waals surface area contributed by atoms with E-state index < -0.39 is 0 Å². The number of benzene rings is 1. The van der Waals surface area contributed by atoms with Crippen molar-refractivity contribution in [1.82, 2.24) is 30.5 Å². The van der Waals surface area contributed by atoms with Crippen LogP contribution in [0.4, 0.5) is 0 Å². The lowest BCUT2D eigenvalue weighted by molar-refractivity contribution is 0.389. The second-order valence-electron chi connectivity index (χ2n) is 10.6. The number of aromatic amines is 1. The molecule has 2 aliphatic rings. The predicted octanol–water partition coefficient (Wildman–Crippen LogP) is 1.83. The van der Waals surface area contributed by atoms with Crippen LogP contribution in [0.2, 0.25) is 0 Å². The second kappa shape index (κ2) is 12.6. The SMILES string of the molecule is NC(N)=NCC[C@@H]1CCCC[C@@H](c2ccc(-n3cc4cc(CCNC5CCNCC5)[nH]c4nc3=O)cc2)N1. The fourth-order valence-electron chi connectivity index (χ4n) is 5.71. The number of rotatable bonds is 9. The van der Waals surface area contributed by atoms with Gasteiger partial charge in [-0.3, -0.25) is 9.56 Å². The Morgan fingerprint density at radius 3 is 2.68 bits per heavy atom. The number of hydrogen-bond donors (Lipinski definition) is 6. The topological polar surface area (TPSA) is 151 Å². The monoisotopic (exact) mass is 519 g/mol. The standard InChI is InChI=1S/C28H41N9O/c29-27(30)33-16-11-22-3-1-2-4-25(34-22)19-5-7-24(8-6-19)37-18-20-17-23(35-26(20)36-28(37)38)12-15-32-21-9-13-31-14-10-21/h5-8,17-18,21-22,25,31-32,34H,1-4,9-16H2,(H4,29,30,33)(H,35,36,38)/t22-,25-/m0/s1. The molecule has 2 saturated heterocycles. The molecule has 0 unspecified atom stereocenters. The van der Waals surface area contributed by atoms with Crippen molar-refractivity contribution in [3.63, 3.8) is 0 Å². The molecule has 0 radical (unpaired) electrons. The van der Waals surface area contributed by atoms with Gasteiger partial charge in [-0.2, -0.15) is 4.98 Å². The number of hydrogen-bond acceptors (Lipinski definition) is 6. The molecular formula is C28H41N9O. The highest BCUT2D eigenvalue weighted by molar-refractivity contribution is 5.76. The Hall–Kier alpha value is -3.21. The van der Waals surface area contributed by atoms with Gasteiger partial charge < -0.3 is 32.4 Å². The average Bonchev–Trinajstić information content (AvgIpc) is 3.15. The van der Waals surface area contributed by atoms with Crippen LogP contribution in [0.15, 0.2) is 46.3 Å². The molecule has 2 atom stereocenters. The summed E-state index contributed by atoms with van der Waals surface area (Å²) < 4.78 is 1.63. The van der Waals surface area contributed by atoms with Crippen molar-refractivity contribution in [3.8, 4) is 5.69 Å². The number of H-pyrrole nitrogens is 1. The number of nitrogens with zero attached hydrogens (tertiary/aromatic N) is 3. The van der Waals surface area contributed by atoms with Crippen LogP contribution in [0, 0.1) is 0 Å². The minimum absolute atomic E-state index is 0.147. The van der Waals surface area contributed by atoms with Gasteiger partial charge >= 0.3 is 5.69 Å². The maximum Gasteiger partial charge on any atom is 0.354 e.